The molecule has 1 aromatic carbocycles. The molecule has 1 aromatic heterocycles. The lowest BCUT2D eigenvalue weighted by Crippen LogP contribution is -2.34. The molecule has 2 aromatic rings. The Kier molecular flexibility index (Phi) is 5.35. The Hall–Kier alpha value is -2.08. The number of carbonyl (C=O) groups is 1. The van der Waals surface area contributed by atoms with Crippen LogP contribution in [-0.2, 0) is 30.7 Å². The average molecular weight is 349 g/mol. The van der Waals surface area contributed by atoms with Crippen molar-refractivity contribution < 1.29 is 4.79 Å². The quantitative estimate of drug-likeness (QED) is 0.895. The Labute approximate surface area is 145 Å². The topological polar surface area (TPSA) is 68.9 Å². The Morgan fingerprint density at radius 2 is 2.17 bits per heavy atom. The van der Waals surface area contributed by atoms with Crippen molar-refractivity contribution in [3.05, 3.63) is 51.2 Å². The van der Waals surface area contributed by atoms with E-state index in [0.29, 0.717) is 24.5 Å². The third-order valence-corrected chi connectivity index (χ3v) is 4.43. The molecule has 1 N–H and O–H groups in total. The molecule has 0 fully saturated rings. The first kappa shape index (κ1) is 16.8. The van der Waals surface area contributed by atoms with Crippen LogP contribution in [0.4, 0.5) is 0 Å². The van der Waals surface area contributed by atoms with Crippen molar-refractivity contribution in [1.29, 1.82) is 0 Å². The molecule has 1 aliphatic rings. The van der Waals surface area contributed by atoms with Gasteiger partial charge in [-0.1, -0.05) is 30.2 Å². The Bertz CT molecular complexity index is 781. The zero-order valence-electron chi connectivity index (χ0n) is 13.5. The van der Waals surface area contributed by atoms with Crippen molar-refractivity contribution in [1.82, 2.24) is 19.7 Å². The van der Waals surface area contributed by atoms with E-state index in [9.17, 15) is 9.59 Å². The number of hydrogen-bond acceptors (Lipinski definition) is 3. The SMILES string of the molecule is O=C(Cn1nc2n(c1=O)CCCCC2)NCCc1cccc(Cl)c1. The van der Waals surface area contributed by atoms with Crippen LogP contribution in [0.5, 0.6) is 0 Å². The number of aryl methyl sites for hydroxylation is 1. The maximum Gasteiger partial charge on any atom is 0.346 e. The van der Waals surface area contributed by atoms with Crippen molar-refractivity contribution in [3.8, 4) is 0 Å². The van der Waals surface area contributed by atoms with Crippen molar-refractivity contribution in [2.45, 2.75) is 45.2 Å². The second-order valence-electron chi connectivity index (χ2n) is 6.05. The normalized spacial score (nSPS) is 14.0. The fraction of sp³-hybridized carbons (Fsp3) is 0.471. The van der Waals surface area contributed by atoms with Crippen LogP contribution >= 0.6 is 11.6 Å². The van der Waals surface area contributed by atoms with Crippen LogP contribution in [0.3, 0.4) is 0 Å². The highest BCUT2D eigenvalue weighted by Gasteiger charge is 2.17. The maximum atomic E-state index is 12.3. The molecule has 0 aliphatic carbocycles. The third-order valence-electron chi connectivity index (χ3n) is 4.20. The van der Waals surface area contributed by atoms with E-state index in [0.717, 1.165) is 37.1 Å². The highest BCUT2D eigenvalue weighted by atomic mass is 35.5. The summed E-state index contributed by atoms with van der Waals surface area (Å²) < 4.78 is 2.97. The number of nitrogens with zero attached hydrogens (tertiary/aromatic N) is 3. The molecular formula is C17H21ClN4O2. The van der Waals surface area contributed by atoms with E-state index in [1.54, 1.807) is 4.57 Å². The molecule has 6 nitrogen and oxygen atoms in total. The van der Waals surface area contributed by atoms with Crippen LogP contribution in [0, 0.1) is 0 Å². The molecule has 24 heavy (non-hydrogen) atoms. The molecular weight excluding hydrogens is 328 g/mol. The first-order chi connectivity index (χ1) is 11.6. The van der Waals surface area contributed by atoms with Crippen LogP contribution < -0.4 is 11.0 Å². The Morgan fingerprint density at radius 3 is 3.00 bits per heavy atom. The van der Waals surface area contributed by atoms with Crippen LogP contribution in [0.25, 0.3) is 0 Å². The number of hydrogen-bond donors (Lipinski definition) is 1. The number of halogens is 1. The van der Waals surface area contributed by atoms with Crippen molar-refractivity contribution in [2.75, 3.05) is 6.54 Å². The van der Waals surface area contributed by atoms with Gasteiger partial charge in [-0.3, -0.25) is 9.36 Å². The summed E-state index contributed by atoms with van der Waals surface area (Å²) in [5, 5.41) is 7.83. The molecule has 1 amide bonds. The number of nitrogens with one attached hydrogen (secondary N) is 1. The summed E-state index contributed by atoms with van der Waals surface area (Å²) in [6.07, 6.45) is 4.65. The molecule has 0 saturated heterocycles. The number of amides is 1. The molecule has 0 bridgehead atoms. The second kappa shape index (κ2) is 7.66. The van der Waals surface area contributed by atoms with E-state index < -0.39 is 0 Å². The molecule has 0 unspecified atom stereocenters. The Morgan fingerprint density at radius 1 is 1.29 bits per heavy atom. The van der Waals surface area contributed by atoms with Gasteiger partial charge in [-0.15, -0.1) is 0 Å². The minimum atomic E-state index is -0.201. The lowest BCUT2D eigenvalue weighted by Gasteiger charge is -2.05. The van der Waals surface area contributed by atoms with E-state index in [2.05, 4.69) is 10.4 Å². The fourth-order valence-corrected chi connectivity index (χ4v) is 3.17. The number of fused-ring (bicyclic) bond motifs is 1. The number of benzene rings is 1. The maximum absolute atomic E-state index is 12.3. The third kappa shape index (κ3) is 4.06. The van der Waals surface area contributed by atoms with E-state index in [4.69, 9.17) is 11.6 Å². The minimum Gasteiger partial charge on any atom is -0.354 e. The van der Waals surface area contributed by atoms with E-state index >= 15 is 0 Å². The lowest BCUT2D eigenvalue weighted by atomic mass is 10.1. The molecule has 2 heterocycles. The summed E-state index contributed by atoms with van der Waals surface area (Å²) in [6, 6.07) is 7.55. The predicted octanol–water partition coefficient (Wildman–Crippen LogP) is 1.78. The highest BCUT2D eigenvalue weighted by molar-refractivity contribution is 6.30. The van der Waals surface area contributed by atoms with Crippen LogP contribution in [0.1, 0.15) is 30.7 Å². The molecule has 0 saturated carbocycles. The number of carbonyl (C=O) groups excluding carboxylic acids is 1. The van der Waals surface area contributed by atoms with Crippen LogP contribution in [0.15, 0.2) is 29.1 Å². The van der Waals surface area contributed by atoms with Gasteiger partial charge in [-0.2, -0.15) is 5.10 Å². The summed E-state index contributed by atoms with van der Waals surface area (Å²) >= 11 is 5.94. The molecule has 7 heteroatoms. The molecule has 0 spiro atoms. The summed E-state index contributed by atoms with van der Waals surface area (Å²) in [5.41, 5.74) is 0.880. The standard InChI is InChI=1S/C17H21ClN4O2/c18-14-6-4-5-13(11-14)8-9-19-16(23)12-22-17(24)21-10-3-1-2-7-15(21)20-22/h4-6,11H,1-3,7-10,12H2,(H,19,23). The van der Waals surface area contributed by atoms with Gasteiger partial charge in [0.2, 0.25) is 5.91 Å². The Balaban J connectivity index is 1.54. The smallest absolute Gasteiger partial charge is 0.346 e. The molecule has 128 valence electrons. The number of aromatic nitrogens is 3. The monoisotopic (exact) mass is 348 g/mol. The number of rotatable bonds is 5. The first-order valence-electron chi connectivity index (χ1n) is 8.31. The van der Waals surface area contributed by atoms with Gasteiger partial charge >= 0.3 is 5.69 Å². The minimum absolute atomic E-state index is 0.0334. The lowest BCUT2D eigenvalue weighted by molar-refractivity contribution is -0.121. The molecule has 1 aliphatic heterocycles. The van der Waals surface area contributed by atoms with E-state index in [1.165, 1.54) is 4.68 Å². The van der Waals surface area contributed by atoms with Gasteiger partial charge < -0.3 is 5.32 Å². The largest absolute Gasteiger partial charge is 0.354 e. The van der Waals surface area contributed by atoms with Crippen molar-refractivity contribution >= 4 is 17.5 Å². The van der Waals surface area contributed by atoms with E-state index in [-0.39, 0.29) is 18.1 Å². The van der Waals surface area contributed by atoms with Crippen molar-refractivity contribution in [3.63, 3.8) is 0 Å². The molecule has 0 radical (unpaired) electrons. The summed E-state index contributed by atoms with van der Waals surface area (Å²) in [7, 11) is 0. The van der Waals surface area contributed by atoms with Crippen LogP contribution in [-0.4, -0.2) is 26.8 Å². The zero-order valence-corrected chi connectivity index (χ0v) is 14.3. The summed E-state index contributed by atoms with van der Waals surface area (Å²) in [6.45, 7) is 1.17. The van der Waals surface area contributed by atoms with Gasteiger partial charge in [0.1, 0.15) is 12.4 Å². The fourth-order valence-electron chi connectivity index (χ4n) is 2.96. The van der Waals surface area contributed by atoms with Gasteiger partial charge in [-0.05, 0) is 37.0 Å². The summed E-state index contributed by atoms with van der Waals surface area (Å²) in [5.74, 6) is 0.594. The molecule has 3 rings (SSSR count). The first-order valence-corrected chi connectivity index (χ1v) is 8.69. The van der Waals surface area contributed by atoms with Gasteiger partial charge in [0, 0.05) is 24.5 Å². The van der Waals surface area contributed by atoms with Crippen LogP contribution in [0.2, 0.25) is 5.02 Å². The van der Waals surface area contributed by atoms with Gasteiger partial charge in [0.05, 0.1) is 0 Å². The summed E-state index contributed by atoms with van der Waals surface area (Å²) in [4.78, 5) is 24.4. The predicted molar refractivity (Wildman–Crippen MR) is 92.2 cm³/mol. The second-order valence-corrected chi connectivity index (χ2v) is 6.49. The van der Waals surface area contributed by atoms with Gasteiger partial charge in [0.15, 0.2) is 0 Å². The average Bonchev–Trinajstić information content (AvgIpc) is 2.73. The van der Waals surface area contributed by atoms with Gasteiger partial charge in [0.25, 0.3) is 0 Å². The molecule has 0 atom stereocenters. The van der Waals surface area contributed by atoms with Crippen molar-refractivity contribution in [2.24, 2.45) is 0 Å². The highest BCUT2D eigenvalue weighted by Crippen LogP contribution is 2.11. The van der Waals surface area contributed by atoms with E-state index in [1.807, 2.05) is 24.3 Å². The zero-order chi connectivity index (χ0) is 16.9. The van der Waals surface area contributed by atoms with Gasteiger partial charge in [-0.25, -0.2) is 9.48 Å².